The molecule has 2 saturated heterocycles. The molecule has 0 bridgehead atoms. The molecule has 2 amide bonds. The molecule has 0 spiro atoms. The summed E-state index contributed by atoms with van der Waals surface area (Å²) >= 11 is 0. The molecule has 1 aromatic heterocycles. The van der Waals surface area contributed by atoms with Gasteiger partial charge >= 0.3 is 6.03 Å². The van der Waals surface area contributed by atoms with Crippen molar-refractivity contribution < 1.29 is 23.8 Å². The third-order valence-electron chi connectivity index (χ3n) is 7.26. The van der Waals surface area contributed by atoms with Gasteiger partial charge in [-0.3, -0.25) is 0 Å². The predicted molar refractivity (Wildman–Crippen MR) is 143 cm³/mol. The van der Waals surface area contributed by atoms with Gasteiger partial charge in [0.1, 0.15) is 18.2 Å². The summed E-state index contributed by atoms with van der Waals surface area (Å²) in [5.74, 6) is 1.03. The number of nitrogens with one attached hydrogen (secondary N) is 1. The van der Waals surface area contributed by atoms with Gasteiger partial charge in [-0.2, -0.15) is 4.98 Å². The van der Waals surface area contributed by atoms with Gasteiger partial charge in [0.05, 0.1) is 25.5 Å². The number of aliphatic hydroxyl groups excluding tert-OH is 1. The number of hydrogen-bond donors (Lipinski definition) is 2. The summed E-state index contributed by atoms with van der Waals surface area (Å²) in [6, 6.07) is 6.58. The molecule has 4 rings (SSSR count). The number of nitrogens with zero attached hydrogens (tertiary/aromatic N) is 3. The van der Waals surface area contributed by atoms with Crippen LogP contribution in [-0.2, 0) is 4.74 Å². The predicted octanol–water partition coefficient (Wildman–Crippen LogP) is 4.69. The molecule has 0 unspecified atom stereocenters. The Kier molecular flexibility index (Phi) is 8.54. The van der Waals surface area contributed by atoms with E-state index in [2.05, 4.69) is 36.0 Å². The summed E-state index contributed by atoms with van der Waals surface area (Å²) in [5.41, 5.74) is 2.55. The Labute approximate surface area is 218 Å². The van der Waals surface area contributed by atoms with Crippen LogP contribution in [0, 0.1) is 24.1 Å². The zero-order chi connectivity index (χ0) is 26.6. The second-order valence-corrected chi connectivity index (χ2v) is 11.0. The monoisotopic (exact) mass is 514 g/mol. The minimum Gasteiger partial charge on any atom is -0.475 e. The number of rotatable bonds is 6. The highest BCUT2D eigenvalue weighted by atomic mass is 19.1. The fourth-order valence-corrected chi connectivity index (χ4v) is 4.97. The van der Waals surface area contributed by atoms with Gasteiger partial charge in [0.2, 0.25) is 5.88 Å². The quantitative estimate of drug-likeness (QED) is 0.582. The van der Waals surface area contributed by atoms with E-state index in [0.717, 1.165) is 35.3 Å². The number of aromatic nitrogens is 1. The third kappa shape index (κ3) is 6.70. The maximum absolute atomic E-state index is 15.0. The number of benzene rings is 1. The number of pyridine rings is 1. The maximum atomic E-state index is 15.0. The molecule has 0 saturated carbocycles. The lowest BCUT2D eigenvalue weighted by molar-refractivity contribution is 0.118. The number of morpholine rings is 1. The molecule has 0 radical (unpaired) electrons. The van der Waals surface area contributed by atoms with Crippen molar-refractivity contribution in [2.45, 2.75) is 40.5 Å². The molecular weight excluding hydrogens is 475 g/mol. The summed E-state index contributed by atoms with van der Waals surface area (Å²) < 4.78 is 26.2. The van der Waals surface area contributed by atoms with Crippen molar-refractivity contribution in [2.75, 3.05) is 62.8 Å². The summed E-state index contributed by atoms with van der Waals surface area (Å²) in [6.07, 6.45) is 2.03. The van der Waals surface area contributed by atoms with Crippen molar-refractivity contribution in [2.24, 2.45) is 11.3 Å². The van der Waals surface area contributed by atoms with Crippen LogP contribution in [0.2, 0.25) is 0 Å². The molecule has 202 valence electrons. The Hall–Kier alpha value is -2.91. The van der Waals surface area contributed by atoms with E-state index in [9.17, 15) is 9.90 Å². The summed E-state index contributed by atoms with van der Waals surface area (Å²) in [7, 11) is 0. The largest absolute Gasteiger partial charge is 0.475 e. The number of anilines is 2. The molecule has 9 heteroatoms. The molecule has 0 aliphatic carbocycles. The number of urea groups is 1. The zero-order valence-corrected chi connectivity index (χ0v) is 22.3. The van der Waals surface area contributed by atoms with Crippen LogP contribution in [0.25, 0.3) is 11.1 Å². The molecule has 3 heterocycles. The number of hydrogen-bond acceptors (Lipinski definition) is 6. The number of amides is 2. The minimum atomic E-state index is -0.474. The van der Waals surface area contributed by atoms with Gasteiger partial charge in [-0.15, -0.1) is 0 Å². The van der Waals surface area contributed by atoms with Crippen molar-refractivity contribution in [1.29, 1.82) is 0 Å². The van der Waals surface area contributed by atoms with Gasteiger partial charge in [0.25, 0.3) is 0 Å². The van der Waals surface area contributed by atoms with E-state index in [1.807, 2.05) is 13.0 Å². The van der Waals surface area contributed by atoms with E-state index >= 15 is 4.39 Å². The highest BCUT2D eigenvalue weighted by Crippen LogP contribution is 2.35. The number of aliphatic hydroxyl groups is 1. The van der Waals surface area contributed by atoms with Crippen molar-refractivity contribution in [1.82, 2.24) is 9.88 Å². The van der Waals surface area contributed by atoms with Gasteiger partial charge in [0, 0.05) is 32.2 Å². The van der Waals surface area contributed by atoms with E-state index in [0.29, 0.717) is 51.2 Å². The second-order valence-electron chi connectivity index (χ2n) is 11.0. The fraction of sp³-hybridized carbons (Fsp3) is 0.571. The van der Waals surface area contributed by atoms with Crippen LogP contribution in [-0.4, -0.2) is 73.6 Å². The fourth-order valence-electron chi connectivity index (χ4n) is 4.97. The SMILES string of the molecule is Cc1cc(F)c(NC(=O)N2CCC[C@H](C(C)(C)C)C2)cc1-c1cc(OCCO)nc(N2CCOCC2)c1. The van der Waals surface area contributed by atoms with E-state index in [1.165, 1.54) is 6.07 Å². The van der Waals surface area contributed by atoms with E-state index in [1.54, 1.807) is 17.0 Å². The molecule has 1 atom stereocenters. The lowest BCUT2D eigenvalue weighted by Gasteiger charge is -2.39. The van der Waals surface area contributed by atoms with Crippen molar-refractivity contribution in [3.8, 4) is 17.0 Å². The number of piperidine rings is 1. The summed E-state index contributed by atoms with van der Waals surface area (Å²) in [5, 5.41) is 12.1. The van der Waals surface area contributed by atoms with Crippen LogP contribution < -0.4 is 15.0 Å². The zero-order valence-electron chi connectivity index (χ0n) is 22.3. The first-order valence-corrected chi connectivity index (χ1v) is 13.1. The molecular formula is C28H39FN4O4. The molecule has 2 fully saturated rings. The molecule has 2 aliphatic rings. The topological polar surface area (TPSA) is 87.2 Å². The first-order valence-electron chi connectivity index (χ1n) is 13.1. The van der Waals surface area contributed by atoms with Crippen molar-refractivity contribution in [3.63, 3.8) is 0 Å². The van der Waals surface area contributed by atoms with Gasteiger partial charge in [-0.25, -0.2) is 9.18 Å². The second kappa shape index (κ2) is 11.6. The Morgan fingerprint density at radius 3 is 2.68 bits per heavy atom. The molecule has 2 N–H and O–H groups in total. The third-order valence-corrected chi connectivity index (χ3v) is 7.26. The summed E-state index contributed by atoms with van der Waals surface area (Å²) in [6.45, 7) is 12.4. The van der Waals surface area contributed by atoms with Crippen LogP contribution in [0.15, 0.2) is 24.3 Å². The Morgan fingerprint density at radius 1 is 1.22 bits per heavy atom. The highest BCUT2D eigenvalue weighted by molar-refractivity contribution is 5.91. The summed E-state index contributed by atoms with van der Waals surface area (Å²) in [4.78, 5) is 21.7. The van der Waals surface area contributed by atoms with Crippen LogP contribution in [0.3, 0.4) is 0 Å². The Bertz CT molecular complexity index is 1100. The Balaban J connectivity index is 1.62. The van der Waals surface area contributed by atoms with Crippen molar-refractivity contribution in [3.05, 3.63) is 35.6 Å². The average molecular weight is 515 g/mol. The molecule has 37 heavy (non-hydrogen) atoms. The number of likely N-dealkylation sites (tertiary alicyclic amines) is 1. The molecule has 2 aromatic rings. The first kappa shape index (κ1) is 27.1. The highest BCUT2D eigenvalue weighted by Gasteiger charge is 2.31. The number of halogens is 1. The van der Waals surface area contributed by atoms with Crippen LogP contribution >= 0.6 is 0 Å². The van der Waals surface area contributed by atoms with E-state index in [4.69, 9.17) is 9.47 Å². The molecule has 2 aliphatic heterocycles. The van der Waals surface area contributed by atoms with Gasteiger partial charge in [-0.1, -0.05) is 20.8 Å². The number of carbonyl (C=O) groups excluding carboxylic acids is 1. The number of aryl methyl sites for hydroxylation is 1. The van der Waals surface area contributed by atoms with Crippen LogP contribution in [0.4, 0.5) is 20.7 Å². The van der Waals surface area contributed by atoms with Crippen LogP contribution in [0.1, 0.15) is 39.2 Å². The normalized spacial score (nSPS) is 18.6. The average Bonchev–Trinajstić information content (AvgIpc) is 2.89. The number of carbonyl (C=O) groups is 1. The van der Waals surface area contributed by atoms with E-state index in [-0.39, 0.29) is 30.3 Å². The Morgan fingerprint density at radius 2 is 1.97 bits per heavy atom. The van der Waals surface area contributed by atoms with Gasteiger partial charge in [-0.05, 0) is 66.0 Å². The lowest BCUT2D eigenvalue weighted by atomic mass is 9.76. The van der Waals surface area contributed by atoms with Crippen LogP contribution in [0.5, 0.6) is 5.88 Å². The van der Waals surface area contributed by atoms with E-state index < -0.39 is 5.82 Å². The van der Waals surface area contributed by atoms with Gasteiger partial charge < -0.3 is 29.7 Å². The smallest absolute Gasteiger partial charge is 0.321 e. The van der Waals surface area contributed by atoms with Crippen molar-refractivity contribution >= 4 is 17.5 Å². The first-order chi connectivity index (χ1) is 17.7. The number of ether oxygens (including phenoxy) is 2. The lowest BCUT2D eigenvalue weighted by Crippen LogP contribution is -2.45. The molecule has 8 nitrogen and oxygen atoms in total. The standard InChI is InChI=1S/C28H39FN4O4/c1-19-14-23(29)24(30-27(35)33-7-5-6-21(18-33)28(2,3)4)17-22(19)20-15-25(32-8-11-36-12-9-32)31-26(16-20)37-13-10-34/h14-17,21,34H,5-13,18H2,1-4H3,(H,30,35)/t21-/m0/s1. The van der Waals surface area contributed by atoms with Gasteiger partial charge in [0.15, 0.2) is 0 Å². The molecule has 1 aromatic carbocycles. The minimum absolute atomic E-state index is 0.108. The maximum Gasteiger partial charge on any atom is 0.321 e.